The minimum Gasteiger partial charge on any atom is -0.321 e. The van der Waals surface area contributed by atoms with Crippen molar-refractivity contribution < 1.29 is 4.79 Å². The molecular formula is C23H15N5O. The second-order valence-corrected chi connectivity index (χ2v) is 6.68. The Morgan fingerprint density at radius 1 is 1.07 bits per heavy atom. The van der Waals surface area contributed by atoms with Crippen molar-refractivity contribution >= 4 is 17.3 Å². The Labute approximate surface area is 167 Å². The lowest BCUT2D eigenvalue weighted by atomic mass is 9.98. The Kier molecular flexibility index (Phi) is 4.60. The number of amides is 1. The number of hydrogen-bond donors (Lipinski definition) is 1. The maximum absolute atomic E-state index is 12.6. The Hall–Kier alpha value is -4.29. The minimum atomic E-state index is -0.338. The van der Waals surface area contributed by atoms with E-state index in [0.29, 0.717) is 28.9 Å². The predicted molar refractivity (Wildman–Crippen MR) is 109 cm³/mol. The van der Waals surface area contributed by atoms with E-state index in [4.69, 9.17) is 10.5 Å². The molecular weight excluding hydrogens is 362 g/mol. The number of nitrogens with one attached hydrogen (secondary N) is 1. The average molecular weight is 377 g/mol. The zero-order valence-electron chi connectivity index (χ0n) is 15.6. The lowest BCUT2D eigenvalue weighted by Crippen LogP contribution is -2.16. The van der Waals surface area contributed by atoms with Crippen molar-refractivity contribution in [3.05, 3.63) is 93.8 Å². The highest BCUT2D eigenvalue weighted by molar-refractivity contribution is 6.16. The molecule has 2 aromatic carbocycles. The maximum Gasteiger partial charge on any atom is 0.274 e. The van der Waals surface area contributed by atoms with Crippen molar-refractivity contribution in [1.29, 1.82) is 10.5 Å². The standard InChI is InChI=1S/C23H15N5O/c1-14-7-16(11-25)12-26-21(14)23(29)28-19-6-5-18-13-27-22(20(18)9-19)17-4-2-3-15(8-17)10-24/h2-9,12H,13H2,1H3,(H,28,29). The van der Waals surface area contributed by atoms with Crippen molar-refractivity contribution in [2.24, 2.45) is 4.99 Å². The fourth-order valence-corrected chi connectivity index (χ4v) is 3.31. The van der Waals surface area contributed by atoms with Gasteiger partial charge < -0.3 is 5.32 Å². The molecule has 1 amide bonds. The SMILES string of the molecule is Cc1cc(C#N)cnc1C(=O)Nc1ccc2c(c1)C(c1cccc(C#N)c1)=NC2. The first-order valence-electron chi connectivity index (χ1n) is 8.95. The summed E-state index contributed by atoms with van der Waals surface area (Å²) in [5, 5.41) is 21.0. The summed E-state index contributed by atoms with van der Waals surface area (Å²) >= 11 is 0. The molecule has 6 heteroatoms. The number of hydrogen-bond acceptors (Lipinski definition) is 5. The number of pyridine rings is 1. The van der Waals surface area contributed by atoms with Crippen LogP contribution in [0.15, 0.2) is 59.7 Å². The monoisotopic (exact) mass is 377 g/mol. The molecule has 0 atom stereocenters. The van der Waals surface area contributed by atoms with Crippen molar-refractivity contribution in [2.45, 2.75) is 13.5 Å². The number of nitriles is 2. The van der Waals surface area contributed by atoms with Crippen LogP contribution in [0.1, 0.15) is 43.9 Å². The van der Waals surface area contributed by atoms with Gasteiger partial charge in [-0.3, -0.25) is 9.79 Å². The molecule has 0 saturated carbocycles. The van der Waals surface area contributed by atoms with Gasteiger partial charge in [-0.25, -0.2) is 4.98 Å². The van der Waals surface area contributed by atoms with Crippen LogP contribution in [0.3, 0.4) is 0 Å². The first kappa shape index (κ1) is 18.1. The normalized spacial score (nSPS) is 11.8. The molecule has 0 fully saturated rings. The highest BCUT2D eigenvalue weighted by Crippen LogP contribution is 2.27. The van der Waals surface area contributed by atoms with Crippen LogP contribution in [0.4, 0.5) is 5.69 Å². The van der Waals surface area contributed by atoms with Gasteiger partial charge in [-0.2, -0.15) is 10.5 Å². The third kappa shape index (κ3) is 3.47. The van der Waals surface area contributed by atoms with Crippen LogP contribution in [0.2, 0.25) is 0 Å². The van der Waals surface area contributed by atoms with Crippen LogP contribution in [0.5, 0.6) is 0 Å². The summed E-state index contributed by atoms with van der Waals surface area (Å²) in [4.78, 5) is 21.4. The molecule has 0 radical (unpaired) electrons. The molecule has 0 unspecified atom stereocenters. The van der Waals surface area contributed by atoms with E-state index >= 15 is 0 Å². The minimum absolute atomic E-state index is 0.278. The molecule has 1 N–H and O–H groups in total. The van der Waals surface area contributed by atoms with Crippen LogP contribution in [0, 0.1) is 29.6 Å². The molecule has 29 heavy (non-hydrogen) atoms. The van der Waals surface area contributed by atoms with E-state index in [0.717, 1.165) is 22.4 Å². The quantitative estimate of drug-likeness (QED) is 0.751. The summed E-state index contributed by atoms with van der Waals surface area (Å²) in [5.41, 5.74) is 6.21. The summed E-state index contributed by atoms with van der Waals surface area (Å²) in [5.74, 6) is -0.338. The van der Waals surface area contributed by atoms with Gasteiger partial charge in [-0.1, -0.05) is 18.2 Å². The molecule has 0 saturated heterocycles. The zero-order chi connectivity index (χ0) is 20.4. The van der Waals surface area contributed by atoms with Gasteiger partial charge >= 0.3 is 0 Å². The number of nitrogens with zero attached hydrogens (tertiary/aromatic N) is 4. The van der Waals surface area contributed by atoms with Gasteiger partial charge in [0.15, 0.2) is 0 Å². The van der Waals surface area contributed by atoms with Crippen molar-refractivity contribution in [3.63, 3.8) is 0 Å². The molecule has 0 bridgehead atoms. The first-order chi connectivity index (χ1) is 14.1. The highest BCUT2D eigenvalue weighted by atomic mass is 16.1. The van der Waals surface area contributed by atoms with Gasteiger partial charge in [-0.15, -0.1) is 0 Å². The maximum atomic E-state index is 12.6. The molecule has 4 rings (SSSR count). The number of carbonyl (C=O) groups excluding carboxylic acids is 1. The van der Waals surface area contributed by atoms with E-state index in [1.807, 2.05) is 42.5 Å². The molecule has 1 aliphatic rings. The summed E-state index contributed by atoms with van der Waals surface area (Å²) in [7, 11) is 0. The summed E-state index contributed by atoms with van der Waals surface area (Å²) in [6.45, 7) is 2.31. The number of aromatic nitrogens is 1. The molecule has 2 heterocycles. The van der Waals surface area contributed by atoms with Gasteiger partial charge in [0.05, 0.1) is 29.5 Å². The molecule has 6 nitrogen and oxygen atoms in total. The third-order valence-electron chi connectivity index (χ3n) is 4.72. The van der Waals surface area contributed by atoms with Crippen LogP contribution >= 0.6 is 0 Å². The molecule has 138 valence electrons. The van der Waals surface area contributed by atoms with E-state index in [2.05, 4.69) is 21.4 Å². The number of rotatable bonds is 3. The number of anilines is 1. The van der Waals surface area contributed by atoms with Crippen molar-refractivity contribution in [1.82, 2.24) is 4.98 Å². The number of aliphatic imine (C=N–C) groups is 1. The topological polar surface area (TPSA) is 102 Å². The summed E-state index contributed by atoms with van der Waals surface area (Å²) < 4.78 is 0. The van der Waals surface area contributed by atoms with E-state index in [9.17, 15) is 4.79 Å². The van der Waals surface area contributed by atoms with Crippen molar-refractivity contribution in [3.8, 4) is 12.1 Å². The number of carbonyl (C=O) groups is 1. The third-order valence-corrected chi connectivity index (χ3v) is 4.72. The van der Waals surface area contributed by atoms with Gasteiger partial charge in [0.1, 0.15) is 11.8 Å². The van der Waals surface area contributed by atoms with Crippen LogP contribution in [0.25, 0.3) is 0 Å². The summed E-state index contributed by atoms with van der Waals surface area (Å²) in [6, 6.07) is 18.8. The molecule has 1 aliphatic heterocycles. The Bertz CT molecular complexity index is 1260. The fourth-order valence-electron chi connectivity index (χ4n) is 3.31. The van der Waals surface area contributed by atoms with E-state index in [1.54, 1.807) is 19.1 Å². The second kappa shape index (κ2) is 7.38. The van der Waals surface area contributed by atoms with Crippen LogP contribution in [-0.4, -0.2) is 16.6 Å². The highest BCUT2D eigenvalue weighted by Gasteiger charge is 2.19. The van der Waals surface area contributed by atoms with Crippen LogP contribution < -0.4 is 5.32 Å². The van der Waals surface area contributed by atoms with Crippen molar-refractivity contribution in [2.75, 3.05) is 5.32 Å². The lowest BCUT2D eigenvalue weighted by molar-refractivity contribution is 0.102. The van der Waals surface area contributed by atoms with Gasteiger partial charge in [0.25, 0.3) is 5.91 Å². The smallest absolute Gasteiger partial charge is 0.274 e. The predicted octanol–water partition coefficient (Wildman–Crippen LogP) is 3.74. The van der Waals surface area contributed by atoms with Gasteiger partial charge in [0, 0.05) is 23.0 Å². The fraction of sp³-hybridized carbons (Fsp3) is 0.0870. The average Bonchev–Trinajstić information content (AvgIpc) is 3.16. The molecule has 0 spiro atoms. The molecule has 1 aromatic heterocycles. The van der Waals surface area contributed by atoms with E-state index in [1.165, 1.54) is 6.20 Å². The second-order valence-electron chi connectivity index (χ2n) is 6.68. The van der Waals surface area contributed by atoms with E-state index in [-0.39, 0.29) is 11.6 Å². The largest absolute Gasteiger partial charge is 0.321 e. The lowest BCUT2D eigenvalue weighted by Gasteiger charge is -2.10. The Morgan fingerprint density at radius 3 is 2.66 bits per heavy atom. The van der Waals surface area contributed by atoms with Gasteiger partial charge in [-0.05, 0) is 48.4 Å². The van der Waals surface area contributed by atoms with Crippen LogP contribution in [-0.2, 0) is 6.54 Å². The van der Waals surface area contributed by atoms with E-state index < -0.39 is 0 Å². The number of fused-ring (bicyclic) bond motifs is 1. The molecule has 3 aromatic rings. The zero-order valence-corrected chi connectivity index (χ0v) is 15.6. The number of benzene rings is 2. The number of aryl methyl sites for hydroxylation is 1. The van der Waals surface area contributed by atoms with Gasteiger partial charge in [0.2, 0.25) is 0 Å². The summed E-state index contributed by atoms with van der Waals surface area (Å²) in [6.07, 6.45) is 1.39. The Balaban J connectivity index is 1.62. The Morgan fingerprint density at radius 2 is 1.90 bits per heavy atom. The molecule has 0 aliphatic carbocycles. The first-order valence-corrected chi connectivity index (χ1v) is 8.95.